The minimum absolute atomic E-state index is 0. The minimum atomic E-state index is -0.00830. The van der Waals surface area contributed by atoms with E-state index in [-0.39, 0.29) is 60.3 Å². The number of aliphatic hydroxyl groups is 1. The van der Waals surface area contributed by atoms with Crippen molar-refractivity contribution >= 4 is 46.6 Å². The van der Waals surface area contributed by atoms with Gasteiger partial charge in [-0.2, -0.15) is 0 Å². The maximum Gasteiger partial charge on any atom is 1.00 e. The number of hydrogen-bond acceptors (Lipinski definition) is 4. The Morgan fingerprint density at radius 1 is 0.291 bits per heavy atom. The van der Waals surface area contributed by atoms with Crippen molar-refractivity contribution in [1.82, 2.24) is 6.15 Å². The molecule has 0 amide bonds. The molecular formula is C135H242Cl2IN8NaO. The fourth-order valence-electron chi connectivity index (χ4n) is 46.5. The summed E-state index contributed by atoms with van der Waals surface area (Å²) in [6, 6.07) is 0.757. The zero-order valence-corrected chi connectivity index (χ0v) is 108. The Hall–Kier alpha value is 0.810. The molecule has 0 unspecified atom stereocenters. The van der Waals surface area contributed by atoms with E-state index in [1.807, 2.05) is 0 Å². The second kappa shape index (κ2) is 53.6. The summed E-state index contributed by atoms with van der Waals surface area (Å²) in [4.78, 5) is 4.63. The second-order valence-electron chi connectivity index (χ2n) is 63.4. The zero-order chi connectivity index (χ0) is 105. The van der Waals surface area contributed by atoms with Crippen LogP contribution in [0.3, 0.4) is 0 Å². The number of nitrogens with zero attached hydrogens (tertiary/aromatic N) is 6. The molecule has 0 spiro atoms. The van der Waals surface area contributed by atoms with E-state index in [9.17, 15) is 5.11 Å². The molecule has 20 saturated carbocycles. The average molecular weight is 2210 g/mol. The Balaban J connectivity index is 0.000000162. The monoisotopic (exact) mass is 2210 g/mol. The minimum Gasteiger partial charge on any atom is -0.393 e. The molecule has 6 N–H and O–H groups in total. The topological polar surface area (TPSA) is 189 Å². The van der Waals surface area contributed by atoms with Gasteiger partial charge in [0.25, 0.3) is 0 Å². The third-order valence-electron chi connectivity index (χ3n) is 54.4. The molecule has 850 valence electrons. The molecule has 0 aliphatic heterocycles. The van der Waals surface area contributed by atoms with Gasteiger partial charge in [0.1, 0.15) is 0 Å². The van der Waals surface area contributed by atoms with Crippen molar-refractivity contribution in [1.29, 1.82) is 0 Å². The molecule has 0 aromatic rings. The van der Waals surface area contributed by atoms with Crippen LogP contribution in [0.5, 0.6) is 0 Å². The third kappa shape index (κ3) is 26.4. The van der Waals surface area contributed by atoms with Crippen LogP contribution < -0.4 is 41.4 Å². The normalized spacial score (nSPS) is 46.9. The van der Waals surface area contributed by atoms with Gasteiger partial charge in [-0.15, -0.1) is 24.0 Å². The molecule has 20 aliphatic rings. The van der Waals surface area contributed by atoms with E-state index in [0.29, 0.717) is 65.6 Å². The van der Waals surface area contributed by atoms with Crippen molar-refractivity contribution in [2.45, 2.75) is 586 Å². The number of rotatable bonds is 26. The maximum atomic E-state index is 10.3. The predicted octanol–water partition coefficient (Wildman–Crippen LogP) is 39.8. The van der Waals surface area contributed by atoms with E-state index in [1.165, 1.54) is 326 Å². The largest absolute Gasteiger partial charge is 1.00 e. The number of alkyl halides is 2. The summed E-state index contributed by atoms with van der Waals surface area (Å²) in [5.74, 6) is 33.5. The molecule has 20 rings (SSSR count). The fourth-order valence-corrected chi connectivity index (χ4v) is 47.7. The van der Waals surface area contributed by atoms with E-state index >= 15 is 0 Å². The number of aliphatic hydroxyl groups excluding tert-OH is 1. The Morgan fingerprint density at radius 2 is 0.520 bits per heavy atom. The first-order valence-corrected chi connectivity index (χ1v) is 67.1. The van der Waals surface area contributed by atoms with E-state index < -0.39 is 0 Å². The first-order chi connectivity index (χ1) is 68.7. The summed E-state index contributed by atoms with van der Waals surface area (Å²) < 4.78 is 0.962. The number of azide groups is 1. The van der Waals surface area contributed by atoms with Gasteiger partial charge >= 0.3 is 29.6 Å². The molecule has 9 nitrogen and oxygen atoms in total. The number of hydrogen-bond donors (Lipinski definition) is 3. The molecule has 0 saturated heterocycles. The van der Waals surface area contributed by atoms with Crippen molar-refractivity contribution in [3.8, 4) is 0 Å². The predicted molar refractivity (Wildman–Crippen MR) is 642 cm³/mol. The average Bonchev–Trinajstić information content (AvgIpc) is 1.47. The zero-order valence-electron chi connectivity index (χ0n) is 102. The van der Waals surface area contributed by atoms with Crippen LogP contribution >= 0.6 is 46.6 Å². The maximum absolute atomic E-state index is 10.3. The standard InChI is InChI=1S/C27H47Cl.C27H47I.C27H47N3.C27H49N.C27H48O.ClH.N3.H3N.Na/c2*1-18(2)7-6-8-19(3)23-11-12-24-22-10-9-20-17-21(28)13-15-26(20,4)25(22)14-16-27(23,24)5;1-18(2)7-6-8-19(3)23-11-12-24-22-10-9-20-17-21(29-30-28)13-15-26(20,4)25(22)14-16-27(23,24)5;2*1-18(2)7-6-8-19(3)23-11-12-24-22-10-9-20-17-21(28)13-15-26(20,4)25(22)14-16-27(23,24)5;;1-3-2;;/h2*18-25H,6-17H2,1-5H3;18-25H,6-17H2,1-5H3;18-25H,6-17,28H2,1-5H3;18-25,28H,6-17H2,1-5H3;1H;;1H3;/q;;;;;;-1;;+1/t5*19-,20+,21+,22+,23-,24+,25+,26+,27-;;;;/m11111..../s1. The van der Waals surface area contributed by atoms with Crippen LogP contribution in [0.15, 0.2) is 5.11 Å². The smallest absolute Gasteiger partial charge is 0.393 e. The van der Waals surface area contributed by atoms with Crippen LogP contribution in [0.1, 0.15) is 558 Å². The van der Waals surface area contributed by atoms with E-state index in [4.69, 9.17) is 33.9 Å². The van der Waals surface area contributed by atoms with Gasteiger partial charge in [-0.05, 0) is 556 Å². The van der Waals surface area contributed by atoms with Crippen LogP contribution in [-0.4, -0.2) is 32.6 Å². The molecule has 0 aromatic carbocycles. The molecule has 0 heterocycles. The van der Waals surface area contributed by atoms with Crippen LogP contribution in [0.2, 0.25) is 0 Å². The van der Waals surface area contributed by atoms with Crippen LogP contribution in [0.4, 0.5) is 0 Å². The SMILES string of the molecule is CC(C)CCC[C@@H](C)[C@H]1CC[C@H]2[C@@H]3CC[C@H]4C[C@@H](Cl)CC[C@]4(C)[C@H]3CC[C@]12C.CC(C)CCC[C@@H](C)[C@H]1CC[C@H]2[C@@H]3CC[C@H]4C[C@@H](I)CC[C@]4(C)[C@H]3CC[C@]12C.CC(C)CCC[C@@H](C)[C@H]1CC[C@H]2[C@@H]3CC[C@H]4C[C@@H](N)CC[C@]4(C)[C@H]3CC[C@]12C.CC(C)CCC[C@@H](C)[C@H]1CC[C@H]2[C@@H]3CC[C@H]4C[C@@H](N=[N+]=[N-])CC[C@]4(C)[C@H]3CC[C@]12C.CC(C)CCC[C@@H](C)[C@H]1CC[C@H]2[C@@H]3CC[C@H]4C[C@@H](O)CC[C@]4(C)[C@H]3CC[C@]12C.Cl.N.[N-]=[N+]=[N-].[Na+]. The van der Waals surface area contributed by atoms with Gasteiger partial charge in [-0.3, -0.25) is 4.91 Å². The van der Waals surface area contributed by atoms with Crippen molar-refractivity contribution < 1.29 is 34.7 Å². The number of nitrogens with two attached hydrogens (primary N) is 1. The van der Waals surface area contributed by atoms with Crippen molar-refractivity contribution in [3.63, 3.8) is 0 Å². The van der Waals surface area contributed by atoms with E-state index in [1.54, 1.807) is 38.5 Å². The number of fused-ring (bicyclic) bond motifs is 25. The van der Waals surface area contributed by atoms with Crippen molar-refractivity contribution in [2.75, 3.05) is 0 Å². The quantitative estimate of drug-likeness (QED) is 0.0194. The molecule has 148 heavy (non-hydrogen) atoms. The van der Waals surface area contributed by atoms with Gasteiger partial charge in [0.2, 0.25) is 0 Å². The van der Waals surface area contributed by atoms with Gasteiger partial charge in [0, 0.05) is 26.3 Å². The fraction of sp³-hybridized carbons (Fsp3) is 1.00. The van der Waals surface area contributed by atoms with Crippen LogP contribution in [0.25, 0.3) is 26.4 Å². The number of halogens is 3. The summed E-state index contributed by atoms with van der Waals surface area (Å²) in [6.45, 7) is 63.8. The van der Waals surface area contributed by atoms with Gasteiger partial charge in [0.15, 0.2) is 0 Å². The van der Waals surface area contributed by atoms with Gasteiger partial charge in [0.05, 0.1) is 6.10 Å². The third-order valence-corrected chi connectivity index (χ3v) is 55.9. The Labute approximate surface area is 963 Å². The summed E-state index contributed by atoms with van der Waals surface area (Å²) in [5, 5.41) is 14.8. The molecule has 0 aromatic heterocycles. The molecule has 0 bridgehead atoms. The van der Waals surface area contributed by atoms with Crippen LogP contribution in [0, 0.1) is 261 Å². The molecule has 45 atom stereocenters. The summed E-state index contributed by atoms with van der Waals surface area (Å²) >= 11 is 9.35. The van der Waals surface area contributed by atoms with E-state index in [2.05, 4.69) is 206 Å². The Morgan fingerprint density at radius 3 is 0.804 bits per heavy atom. The van der Waals surface area contributed by atoms with Gasteiger partial charge < -0.3 is 28.1 Å². The second-order valence-corrected chi connectivity index (χ2v) is 65.7. The summed E-state index contributed by atoms with van der Waals surface area (Å²) in [5.41, 5.74) is 34.9. The molecule has 0 radical (unpaired) electrons. The van der Waals surface area contributed by atoms with Gasteiger partial charge in [-0.1, -0.05) is 297 Å². The first-order valence-electron chi connectivity index (χ1n) is 65.5. The van der Waals surface area contributed by atoms with Crippen molar-refractivity contribution in [2.24, 2.45) is 272 Å². The van der Waals surface area contributed by atoms with Crippen molar-refractivity contribution in [3.05, 3.63) is 26.4 Å². The molecule has 20 fully saturated rings. The van der Waals surface area contributed by atoms with Crippen LogP contribution in [-0.2, 0) is 0 Å². The summed E-state index contributed by atoms with van der Waals surface area (Å²) in [6.07, 6.45) is 86.3. The van der Waals surface area contributed by atoms with Gasteiger partial charge in [-0.25, -0.2) is 0 Å². The Kier molecular flexibility index (Phi) is 46.1. The molecular weight excluding hydrogens is 1970 g/mol. The van der Waals surface area contributed by atoms with E-state index in [0.717, 1.165) is 237 Å². The Bertz CT molecular complexity index is 3730. The first kappa shape index (κ1) is 127. The molecule has 13 heteroatoms. The molecule has 20 aliphatic carbocycles. The summed E-state index contributed by atoms with van der Waals surface area (Å²) in [7, 11) is 0.